The van der Waals surface area contributed by atoms with Gasteiger partial charge in [-0.15, -0.1) is 0 Å². The van der Waals surface area contributed by atoms with Crippen LogP contribution in [0.2, 0.25) is 0 Å². The van der Waals surface area contributed by atoms with E-state index in [0.29, 0.717) is 23.2 Å². The van der Waals surface area contributed by atoms with E-state index in [-0.39, 0.29) is 13.4 Å². The average molecular weight is 310 g/mol. The zero-order valence-electron chi connectivity index (χ0n) is 12.5. The van der Waals surface area contributed by atoms with Crippen LogP contribution in [0.25, 0.3) is 11.5 Å². The van der Waals surface area contributed by atoms with Gasteiger partial charge in [0.25, 0.3) is 5.89 Å². The lowest BCUT2D eigenvalue weighted by Gasteiger charge is -2.03. The van der Waals surface area contributed by atoms with Crippen LogP contribution in [0.1, 0.15) is 11.4 Å². The van der Waals surface area contributed by atoms with Crippen molar-refractivity contribution in [2.75, 3.05) is 6.79 Å². The average Bonchev–Trinajstić information content (AvgIpc) is 3.21. The largest absolute Gasteiger partial charge is 0.485 e. The molecule has 0 atom stereocenters. The minimum Gasteiger partial charge on any atom is -0.485 e. The van der Waals surface area contributed by atoms with E-state index in [4.69, 9.17) is 18.7 Å². The van der Waals surface area contributed by atoms with Gasteiger partial charge in [0, 0.05) is 11.6 Å². The minimum atomic E-state index is 0.217. The molecule has 0 bridgehead atoms. The predicted octanol–water partition coefficient (Wildman–Crippen LogP) is 3.35. The van der Waals surface area contributed by atoms with Crippen molar-refractivity contribution in [2.24, 2.45) is 0 Å². The molecule has 0 amide bonds. The Balaban J connectivity index is 1.46. The van der Waals surface area contributed by atoms with Crippen molar-refractivity contribution in [1.82, 2.24) is 10.1 Å². The third kappa shape index (κ3) is 2.83. The van der Waals surface area contributed by atoms with Gasteiger partial charge in [-0.25, -0.2) is 0 Å². The highest BCUT2D eigenvalue weighted by Crippen LogP contribution is 2.35. The van der Waals surface area contributed by atoms with Gasteiger partial charge in [-0.3, -0.25) is 0 Å². The van der Waals surface area contributed by atoms with Gasteiger partial charge in [-0.1, -0.05) is 22.9 Å². The quantitative estimate of drug-likeness (QED) is 0.736. The van der Waals surface area contributed by atoms with Crippen molar-refractivity contribution < 1.29 is 18.7 Å². The van der Waals surface area contributed by atoms with E-state index < -0.39 is 0 Å². The van der Waals surface area contributed by atoms with E-state index in [0.717, 1.165) is 16.9 Å². The summed E-state index contributed by atoms with van der Waals surface area (Å²) >= 11 is 0. The van der Waals surface area contributed by atoms with E-state index >= 15 is 0 Å². The smallest absolute Gasteiger partial charge is 0.258 e. The fraction of sp³-hybridized carbons (Fsp3) is 0.176. The molecule has 6 nitrogen and oxygen atoms in total. The first kappa shape index (κ1) is 13.6. The summed E-state index contributed by atoms with van der Waals surface area (Å²) in [4.78, 5) is 4.35. The molecule has 0 radical (unpaired) electrons. The molecular weight excluding hydrogens is 296 g/mol. The molecule has 0 aliphatic carbocycles. The number of hydrogen-bond acceptors (Lipinski definition) is 6. The second kappa shape index (κ2) is 5.64. The Bertz CT molecular complexity index is 844. The third-order valence-electron chi connectivity index (χ3n) is 3.45. The van der Waals surface area contributed by atoms with Crippen LogP contribution < -0.4 is 14.2 Å². The molecule has 1 aliphatic heterocycles. The van der Waals surface area contributed by atoms with Gasteiger partial charge in [0.2, 0.25) is 12.6 Å². The maximum Gasteiger partial charge on any atom is 0.258 e. The number of aromatic nitrogens is 2. The van der Waals surface area contributed by atoms with Gasteiger partial charge in [0.15, 0.2) is 18.1 Å². The lowest BCUT2D eigenvalue weighted by atomic mass is 10.1. The standard InChI is InChI=1S/C17H14N2O4/c1-11-3-2-4-12(7-11)17-18-16(19-23-17)9-20-13-5-6-14-15(8-13)22-10-21-14/h2-8H,9-10H2,1H3. The highest BCUT2D eigenvalue weighted by atomic mass is 16.7. The zero-order valence-corrected chi connectivity index (χ0v) is 12.5. The Morgan fingerprint density at radius 1 is 1.09 bits per heavy atom. The molecular formula is C17H14N2O4. The highest BCUT2D eigenvalue weighted by Gasteiger charge is 2.14. The van der Waals surface area contributed by atoms with E-state index in [1.165, 1.54) is 0 Å². The molecule has 0 saturated carbocycles. The summed E-state index contributed by atoms with van der Waals surface area (Å²) in [5.74, 6) is 3.03. The van der Waals surface area contributed by atoms with Crippen molar-refractivity contribution >= 4 is 0 Å². The maximum atomic E-state index is 5.67. The lowest BCUT2D eigenvalue weighted by molar-refractivity contribution is 0.173. The SMILES string of the molecule is Cc1cccc(-c2nc(COc3ccc4c(c3)OCO4)no2)c1. The van der Waals surface area contributed by atoms with Crippen molar-refractivity contribution in [1.29, 1.82) is 0 Å². The Morgan fingerprint density at radius 3 is 2.91 bits per heavy atom. The molecule has 116 valence electrons. The summed E-state index contributed by atoms with van der Waals surface area (Å²) in [6.45, 7) is 2.47. The maximum absolute atomic E-state index is 5.67. The molecule has 0 spiro atoms. The first-order valence-corrected chi connectivity index (χ1v) is 7.20. The van der Waals surface area contributed by atoms with Crippen molar-refractivity contribution in [3.63, 3.8) is 0 Å². The number of rotatable bonds is 4. The van der Waals surface area contributed by atoms with E-state index in [2.05, 4.69) is 10.1 Å². The first-order chi connectivity index (χ1) is 11.3. The third-order valence-corrected chi connectivity index (χ3v) is 3.45. The molecule has 6 heteroatoms. The summed E-state index contributed by atoms with van der Waals surface area (Å²) in [7, 11) is 0. The fourth-order valence-corrected chi connectivity index (χ4v) is 2.32. The molecule has 2 aromatic carbocycles. The van der Waals surface area contributed by atoms with Crippen LogP contribution in [0.15, 0.2) is 47.0 Å². The molecule has 2 heterocycles. The number of aryl methyl sites for hydroxylation is 1. The summed E-state index contributed by atoms with van der Waals surface area (Å²) in [6.07, 6.45) is 0. The molecule has 1 aliphatic rings. The van der Waals surface area contributed by atoms with Crippen LogP contribution in [-0.4, -0.2) is 16.9 Å². The highest BCUT2D eigenvalue weighted by molar-refractivity contribution is 5.53. The fourth-order valence-electron chi connectivity index (χ4n) is 2.32. The molecule has 23 heavy (non-hydrogen) atoms. The first-order valence-electron chi connectivity index (χ1n) is 7.20. The van der Waals surface area contributed by atoms with Crippen LogP contribution in [0.3, 0.4) is 0 Å². The summed E-state index contributed by atoms with van der Waals surface area (Å²) in [5.41, 5.74) is 2.03. The number of ether oxygens (including phenoxy) is 3. The second-order valence-electron chi connectivity index (χ2n) is 5.19. The minimum absolute atomic E-state index is 0.217. The topological polar surface area (TPSA) is 66.6 Å². The van der Waals surface area contributed by atoms with E-state index in [1.54, 1.807) is 6.07 Å². The van der Waals surface area contributed by atoms with Crippen LogP contribution >= 0.6 is 0 Å². The molecule has 1 aromatic heterocycles. The summed E-state index contributed by atoms with van der Waals surface area (Å²) in [6, 6.07) is 13.3. The summed E-state index contributed by atoms with van der Waals surface area (Å²) < 4.78 is 21.5. The van der Waals surface area contributed by atoms with Crippen molar-refractivity contribution in [2.45, 2.75) is 13.5 Å². The summed E-state index contributed by atoms with van der Waals surface area (Å²) in [5, 5.41) is 3.94. The van der Waals surface area contributed by atoms with Gasteiger partial charge in [0.05, 0.1) is 0 Å². The molecule has 0 N–H and O–H groups in total. The molecule has 3 aromatic rings. The lowest BCUT2D eigenvalue weighted by Crippen LogP contribution is -1.97. The Labute approximate surface area is 132 Å². The number of benzene rings is 2. The van der Waals surface area contributed by atoms with E-state index in [1.807, 2.05) is 43.3 Å². The molecule has 4 rings (SSSR count). The zero-order chi connectivity index (χ0) is 15.6. The van der Waals surface area contributed by atoms with Gasteiger partial charge < -0.3 is 18.7 Å². The normalized spacial score (nSPS) is 12.4. The van der Waals surface area contributed by atoms with Crippen LogP contribution in [0.5, 0.6) is 17.2 Å². The number of nitrogens with zero attached hydrogens (tertiary/aromatic N) is 2. The van der Waals surface area contributed by atoms with Gasteiger partial charge in [-0.05, 0) is 31.2 Å². The van der Waals surface area contributed by atoms with Gasteiger partial charge >= 0.3 is 0 Å². The molecule has 0 unspecified atom stereocenters. The van der Waals surface area contributed by atoms with Crippen molar-refractivity contribution in [3.05, 3.63) is 53.9 Å². The number of fused-ring (bicyclic) bond motifs is 1. The van der Waals surface area contributed by atoms with Crippen molar-refractivity contribution in [3.8, 4) is 28.7 Å². The Kier molecular flexibility index (Phi) is 3.34. The predicted molar refractivity (Wildman–Crippen MR) is 81.4 cm³/mol. The monoisotopic (exact) mass is 310 g/mol. The van der Waals surface area contributed by atoms with Gasteiger partial charge in [-0.2, -0.15) is 4.98 Å². The second-order valence-corrected chi connectivity index (χ2v) is 5.19. The molecule has 0 saturated heterocycles. The van der Waals surface area contributed by atoms with Gasteiger partial charge in [0.1, 0.15) is 5.75 Å². The Morgan fingerprint density at radius 2 is 2.00 bits per heavy atom. The molecule has 0 fully saturated rings. The van der Waals surface area contributed by atoms with E-state index in [9.17, 15) is 0 Å². The number of hydrogen-bond donors (Lipinski definition) is 0. The Hall–Kier alpha value is -3.02. The van der Waals surface area contributed by atoms with Crippen LogP contribution in [0.4, 0.5) is 0 Å². The van der Waals surface area contributed by atoms with Crippen LogP contribution in [-0.2, 0) is 6.61 Å². The van der Waals surface area contributed by atoms with Crippen LogP contribution in [0, 0.1) is 6.92 Å².